The smallest absolute Gasteiger partial charge is 0.326 e. The molecule has 0 bridgehead atoms. The minimum Gasteiger partial charge on any atom is -0.480 e. The van der Waals surface area contributed by atoms with Crippen molar-refractivity contribution in [2.24, 2.45) is 11.7 Å². The third-order valence-electron chi connectivity index (χ3n) is 2.21. The van der Waals surface area contributed by atoms with Crippen molar-refractivity contribution in [3.63, 3.8) is 0 Å². The van der Waals surface area contributed by atoms with Gasteiger partial charge in [0.25, 0.3) is 0 Å². The highest BCUT2D eigenvalue weighted by Crippen LogP contribution is 2.18. The van der Waals surface area contributed by atoms with E-state index in [9.17, 15) is 9.59 Å². The average molecular weight is 186 g/mol. The molecule has 1 rings (SSSR count). The lowest BCUT2D eigenvalue weighted by atomic mass is 9.97. The highest BCUT2D eigenvalue weighted by molar-refractivity contribution is 5.92. The maximum absolute atomic E-state index is 11.1. The van der Waals surface area contributed by atoms with Crippen molar-refractivity contribution >= 4 is 11.9 Å². The Balaban J connectivity index is 2.68. The summed E-state index contributed by atoms with van der Waals surface area (Å²) < 4.78 is 0. The minimum absolute atomic E-state index is 0.0889. The van der Waals surface area contributed by atoms with Crippen LogP contribution in [0, 0.1) is 5.92 Å². The summed E-state index contributed by atoms with van der Waals surface area (Å²) in [5.41, 5.74) is 5.37. The first-order chi connectivity index (χ1) is 5.95. The van der Waals surface area contributed by atoms with E-state index in [2.05, 4.69) is 0 Å². The first kappa shape index (κ1) is 9.98. The largest absolute Gasteiger partial charge is 0.480 e. The SMILES string of the molecule is CC(C)C(C(=O)O)N1CC(N)C1=O. The molecule has 1 aliphatic heterocycles. The lowest BCUT2D eigenvalue weighted by Crippen LogP contribution is -2.66. The van der Waals surface area contributed by atoms with Crippen molar-refractivity contribution in [2.75, 3.05) is 6.54 Å². The lowest BCUT2D eigenvalue weighted by molar-refractivity contribution is -0.160. The van der Waals surface area contributed by atoms with Gasteiger partial charge >= 0.3 is 5.97 Å². The van der Waals surface area contributed by atoms with Gasteiger partial charge in [0.2, 0.25) is 5.91 Å². The van der Waals surface area contributed by atoms with E-state index in [1.54, 1.807) is 13.8 Å². The van der Waals surface area contributed by atoms with Gasteiger partial charge in [-0.3, -0.25) is 4.79 Å². The number of hydrogen-bond acceptors (Lipinski definition) is 3. The molecule has 74 valence electrons. The Kier molecular flexibility index (Phi) is 2.56. The van der Waals surface area contributed by atoms with E-state index in [0.717, 1.165) is 0 Å². The summed E-state index contributed by atoms with van der Waals surface area (Å²) in [7, 11) is 0. The number of carbonyl (C=O) groups is 2. The molecule has 0 aliphatic carbocycles. The molecule has 3 N–H and O–H groups in total. The van der Waals surface area contributed by atoms with Gasteiger partial charge in [-0.1, -0.05) is 13.8 Å². The molecule has 5 nitrogen and oxygen atoms in total. The highest BCUT2D eigenvalue weighted by atomic mass is 16.4. The summed E-state index contributed by atoms with van der Waals surface area (Å²) in [5, 5.41) is 8.85. The van der Waals surface area contributed by atoms with Gasteiger partial charge in [-0.25, -0.2) is 4.79 Å². The minimum atomic E-state index is -0.963. The molecule has 0 aromatic carbocycles. The number of likely N-dealkylation sites (tertiary alicyclic amines) is 1. The molecule has 0 saturated carbocycles. The van der Waals surface area contributed by atoms with Gasteiger partial charge < -0.3 is 15.7 Å². The number of carboxylic acid groups (broad SMARTS) is 1. The van der Waals surface area contributed by atoms with Crippen LogP contribution in [0.15, 0.2) is 0 Å². The van der Waals surface area contributed by atoms with Crippen LogP contribution in [0.25, 0.3) is 0 Å². The topological polar surface area (TPSA) is 83.6 Å². The number of aliphatic carboxylic acids is 1. The van der Waals surface area contributed by atoms with E-state index in [1.165, 1.54) is 4.90 Å². The first-order valence-corrected chi connectivity index (χ1v) is 4.24. The first-order valence-electron chi connectivity index (χ1n) is 4.24. The molecule has 1 fully saturated rings. The lowest BCUT2D eigenvalue weighted by Gasteiger charge is -2.41. The standard InChI is InChI=1S/C8H14N2O3/c1-4(2)6(8(12)13)10-3-5(9)7(10)11/h4-6H,3,9H2,1-2H3,(H,12,13). The van der Waals surface area contributed by atoms with E-state index in [0.29, 0.717) is 6.54 Å². The Bertz CT molecular complexity index is 240. The maximum Gasteiger partial charge on any atom is 0.326 e. The summed E-state index contributed by atoms with van der Waals surface area (Å²) in [6, 6.07) is -1.23. The number of carboxylic acids is 1. The average Bonchev–Trinajstić information content (AvgIpc) is 2.02. The van der Waals surface area contributed by atoms with Crippen LogP contribution < -0.4 is 5.73 Å². The molecule has 1 amide bonds. The zero-order valence-electron chi connectivity index (χ0n) is 7.73. The van der Waals surface area contributed by atoms with Crippen LogP contribution in [-0.2, 0) is 9.59 Å². The third kappa shape index (κ3) is 1.65. The van der Waals surface area contributed by atoms with Crippen LogP contribution in [0.4, 0.5) is 0 Å². The van der Waals surface area contributed by atoms with Crippen molar-refractivity contribution in [1.29, 1.82) is 0 Å². The van der Waals surface area contributed by atoms with E-state index in [-0.39, 0.29) is 11.8 Å². The van der Waals surface area contributed by atoms with Gasteiger partial charge in [0.05, 0.1) is 0 Å². The van der Waals surface area contributed by atoms with Crippen LogP contribution >= 0.6 is 0 Å². The number of nitrogens with zero attached hydrogens (tertiary/aromatic N) is 1. The third-order valence-corrected chi connectivity index (χ3v) is 2.21. The van der Waals surface area contributed by atoms with Gasteiger partial charge in [-0.2, -0.15) is 0 Å². The molecular formula is C8H14N2O3. The van der Waals surface area contributed by atoms with Crippen molar-refractivity contribution in [1.82, 2.24) is 4.90 Å². The predicted molar refractivity (Wildman–Crippen MR) is 46.0 cm³/mol. The van der Waals surface area contributed by atoms with E-state index in [1.807, 2.05) is 0 Å². The Morgan fingerprint density at radius 1 is 1.69 bits per heavy atom. The summed E-state index contributed by atoms with van der Waals surface area (Å²) in [6.45, 7) is 3.90. The van der Waals surface area contributed by atoms with Crippen LogP contribution in [0.2, 0.25) is 0 Å². The number of β-lactam (4-membered cyclic amide) rings is 1. The van der Waals surface area contributed by atoms with Crippen molar-refractivity contribution in [3.05, 3.63) is 0 Å². The van der Waals surface area contributed by atoms with Crippen LogP contribution in [-0.4, -0.2) is 40.5 Å². The van der Waals surface area contributed by atoms with Gasteiger partial charge in [0.1, 0.15) is 12.1 Å². The number of amides is 1. The summed E-state index contributed by atoms with van der Waals surface area (Å²) in [5.74, 6) is -1.31. The monoisotopic (exact) mass is 186 g/mol. The van der Waals surface area contributed by atoms with E-state index >= 15 is 0 Å². The van der Waals surface area contributed by atoms with Crippen molar-refractivity contribution < 1.29 is 14.7 Å². The quantitative estimate of drug-likeness (QED) is 0.569. The van der Waals surface area contributed by atoms with Gasteiger partial charge in [0.15, 0.2) is 0 Å². The molecular weight excluding hydrogens is 172 g/mol. The molecule has 2 unspecified atom stereocenters. The molecule has 1 heterocycles. The van der Waals surface area contributed by atoms with Gasteiger partial charge in [0, 0.05) is 6.54 Å². The highest BCUT2D eigenvalue weighted by Gasteiger charge is 2.42. The number of carbonyl (C=O) groups excluding carboxylic acids is 1. The predicted octanol–water partition coefficient (Wildman–Crippen LogP) is -0.735. The zero-order chi connectivity index (χ0) is 10.2. The molecule has 2 atom stereocenters. The Labute approximate surface area is 76.5 Å². The second-order valence-corrected chi connectivity index (χ2v) is 3.62. The summed E-state index contributed by atoms with van der Waals surface area (Å²) in [6.07, 6.45) is 0. The number of nitrogens with two attached hydrogens (primary N) is 1. The summed E-state index contributed by atoms with van der Waals surface area (Å²) >= 11 is 0. The van der Waals surface area contributed by atoms with Crippen molar-refractivity contribution in [2.45, 2.75) is 25.9 Å². The Morgan fingerprint density at radius 3 is 2.46 bits per heavy atom. The second-order valence-electron chi connectivity index (χ2n) is 3.62. The van der Waals surface area contributed by atoms with E-state index < -0.39 is 18.1 Å². The van der Waals surface area contributed by atoms with Gasteiger partial charge in [-0.05, 0) is 5.92 Å². The fourth-order valence-corrected chi connectivity index (χ4v) is 1.51. The normalized spacial score (nSPS) is 24.5. The molecule has 1 saturated heterocycles. The molecule has 1 aliphatic rings. The summed E-state index contributed by atoms with van der Waals surface area (Å²) in [4.78, 5) is 23.3. The van der Waals surface area contributed by atoms with Crippen molar-refractivity contribution in [3.8, 4) is 0 Å². The Morgan fingerprint density at radius 2 is 2.23 bits per heavy atom. The fourth-order valence-electron chi connectivity index (χ4n) is 1.51. The van der Waals surface area contributed by atoms with Gasteiger partial charge in [-0.15, -0.1) is 0 Å². The van der Waals surface area contributed by atoms with Crippen LogP contribution in [0.3, 0.4) is 0 Å². The molecule has 0 spiro atoms. The molecule has 0 radical (unpaired) electrons. The molecule has 13 heavy (non-hydrogen) atoms. The van der Waals surface area contributed by atoms with Crippen LogP contribution in [0.1, 0.15) is 13.8 Å². The zero-order valence-corrected chi connectivity index (χ0v) is 7.73. The Hall–Kier alpha value is -1.10. The number of rotatable bonds is 3. The van der Waals surface area contributed by atoms with Crippen LogP contribution in [0.5, 0.6) is 0 Å². The fraction of sp³-hybridized carbons (Fsp3) is 0.750. The maximum atomic E-state index is 11.1. The molecule has 0 aromatic rings. The number of hydrogen-bond donors (Lipinski definition) is 2. The second kappa shape index (κ2) is 3.33. The molecule has 5 heteroatoms. The molecule has 0 aromatic heterocycles. The van der Waals surface area contributed by atoms with E-state index in [4.69, 9.17) is 10.8 Å².